The smallest absolute Gasteiger partial charge is 0.0894 e. The lowest BCUT2D eigenvalue weighted by molar-refractivity contribution is 0.448. The van der Waals surface area contributed by atoms with Crippen molar-refractivity contribution in [2.45, 2.75) is 251 Å². The summed E-state index contributed by atoms with van der Waals surface area (Å²) in [5.74, 6) is 0. The van der Waals surface area contributed by atoms with Gasteiger partial charge in [0.05, 0.1) is 6.67 Å². The molecule has 0 radical (unpaired) electrons. The summed E-state index contributed by atoms with van der Waals surface area (Å²) in [6.45, 7) is 2.18. The van der Waals surface area contributed by atoms with Crippen LogP contribution in [0, 0.1) is 0 Å². The lowest BCUT2D eigenvalue weighted by atomic mass is 10.0. The number of hydrogen-bond acceptors (Lipinski definition) is 0. The molecule has 0 N–H and O–H groups in total. The Morgan fingerprint density at radius 2 is 0.317 bits per heavy atom. The van der Waals surface area contributed by atoms with Crippen molar-refractivity contribution in [3.05, 3.63) is 0 Å². The molecule has 0 bridgehead atoms. The van der Waals surface area contributed by atoms with Crippen molar-refractivity contribution in [2.75, 3.05) is 6.67 Å². The predicted molar refractivity (Wildman–Crippen MR) is 187 cm³/mol. The molecule has 0 nitrogen and oxygen atoms in total. The van der Waals surface area contributed by atoms with Gasteiger partial charge in [0.25, 0.3) is 0 Å². The van der Waals surface area contributed by atoms with Crippen LogP contribution in [0.2, 0.25) is 0 Å². The molecule has 0 aliphatic carbocycles. The zero-order valence-corrected chi connectivity index (χ0v) is 29.0. The average molecular weight is 581 g/mol. The SMILES string of the molecule is CCCCCCCCCCCCCCCCCCCCCCCCCCCCCCCCCCCCCCCCF. The summed E-state index contributed by atoms with van der Waals surface area (Å²) in [7, 11) is 0. The Hall–Kier alpha value is -0.0700. The third-order valence-corrected chi connectivity index (χ3v) is 9.49. The maximum atomic E-state index is 12.0. The normalized spacial score (nSPS) is 11.6. The summed E-state index contributed by atoms with van der Waals surface area (Å²) in [5.41, 5.74) is 0. The van der Waals surface area contributed by atoms with Gasteiger partial charge in [0.1, 0.15) is 0 Å². The van der Waals surface area contributed by atoms with Crippen molar-refractivity contribution in [1.29, 1.82) is 0 Å². The quantitative estimate of drug-likeness (QED) is 0.0637. The van der Waals surface area contributed by atoms with Crippen LogP contribution in [0.1, 0.15) is 251 Å². The lowest BCUT2D eigenvalue weighted by Gasteiger charge is -2.05. The number of alkyl halides is 1. The summed E-state index contributed by atoms with van der Waals surface area (Å²) >= 11 is 0. The molecule has 0 spiro atoms. The zero-order chi connectivity index (χ0) is 29.6. The maximum Gasteiger partial charge on any atom is 0.0894 e. The molecule has 0 atom stereocenters. The van der Waals surface area contributed by atoms with Crippen molar-refractivity contribution in [2.24, 2.45) is 0 Å². The third kappa shape index (κ3) is 39.9. The molecule has 0 aliphatic rings. The third-order valence-electron chi connectivity index (χ3n) is 9.49. The number of halogens is 1. The molecule has 0 aromatic carbocycles. The van der Waals surface area contributed by atoms with Gasteiger partial charge in [-0.05, 0) is 6.42 Å². The predicted octanol–water partition coefficient (Wildman–Crippen LogP) is 15.8. The highest BCUT2D eigenvalue weighted by Gasteiger charge is 1.97. The van der Waals surface area contributed by atoms with Gasteiger partial charge in [-0.2, -0.15) is 0 Å². The number of hydrogen-bond donors (Lipinski definition) is 0. The van der Waals surface area contributed by atoms with E-state index in [0.717, 1.165) is 12.8 Å². The Kier molecular flexibility index (Phi) is 39.9. The summed E-state index contributed by atoms with van der Waals surface area (Å²) in [5, 5.41) is 0. The molecule has 0 amide bonds. The fourth-order valence-corrected chi connectivity index (χ4v) is 6.53. The van der Waals surface area contributed by atoms with Gasteiger partial charge < -0.3 is 0 Å². The van der Waals surface area contributed by atoms with Crippen LogP contribution in [0.4, 0.5) is 4.39 Å². The van der Waals surface area contributed by atoms with Gasteiger partial charge >= 0.3 is 0 Å². The molecule has 0 aliphatic heterocycles. The first-order valence-corrected chi connectivity index (χ1v) is 20.0. The van der Waals surface area contributed by atoms with E-state index < -0.39 is 0 Å². The van der Waals surface area contributed by atoms with E-state index in [9.17, 15) is 4.39 Å². The molecular formula is C40H81F. The molecule has 248 valence electrons. The molecule has 0 aromatic rings. The maximum absolute atomic E-state index is 12.0. The van der Waals surface area contributed by atoms with Crippen LogP contribution in [0.15, 0.2) is 0 Å². The molecular weight excluding hydrogens is 499 g/mol. The first kappa shape index (κ1) is 40.9. The number of unbranched alkanes of at least 4 members (excludes halogenated alkanes) is 37. The Morgan fingerprint density at radius 1 is 0.195 bits per heavy atom. The molecule has 1 heteroatoms. The second-order valence-corrected chi connectivity index (χ2v) is 13.8. The molecule has 0 saturated carbocycles. The number of rotatable bonds is 38. The van der Waals surface area contributed by atoms with Crippen LogP contribution in [-0.2, 0) is 0 Å². The lowest BCUT2D eigenvalue weighted by Crippen LogP contribution is -1.85. The fraction of sp³-hybridized carbons (Fsp3) is 1.00. The molecule has 0 fully saturated rings. The van der Waals surface area contributed by atoms with E-state index in [0.29, 0.717) is 0 Å². The van der Waals surface area contributed by atoms with Crippen molar-refractivity contribution in [3.63, 3.8) is 0 Å². The van der Waals surface area contributed by atoms with Crippen LogP contribution in [0.5, 0.6) is 0 Å². The Balaban J connectivity index is 3.02. The fourth-order valence-electron chi connectivity index (χ4n) is 6.53. The van der Waals surface area contributed by atoms with E-state index >= 15 is 0 Å². The topological polar surface area (TPSA) is 0 Å². The average Bonchev–Trinajstić information content (AvgIpc) is 2.98. The van der Waals surface area contributed by atoms with E-state index in [1.54, 1.807) is 0 Å². The minimum atomic E-state index is -0.125. The molecule has 0 aromatic heterocycles. The van der Waals surface area contributed by atoms with Crippen molar-refractivity contribution in [1.82, 2.24) is 0 Å². The summed E-state index contributed by atoms with van der Waals surface area (Å²) in [6, 6.07) is 0. The largest absolute Gasteiger partial charge is 0.251 e. The first-order chi connectivity index (χ1) is 20.4. The second-order valence-electron chi connectivity index (χ2n) is 13.8. The summed E-state index contributed by atoms with van der Waals surface area (Å²) in [6.07, 6.45) is 54.3. The van der Waals surface area contributed by atoms with E-state index in [2.05, 4.69) is 6.92 Å². The molecule has 0 unspecified atom stereocenters. The highest BCUT2D eigenvalue weighted by Crippen LogP contribution is 2.17. The van der Waals surface area contributed by atoms with Crippen molar-refractivity contribution < 1.29 is 4.39 Å². The highest BCUT2D eigenvalue weighted by atomic mass is 19.1. The van der Waals surface area contributed by atoms with Crippen LogP contribution < -0.4 is 0 Å². The van der Waals surface area contributed by atoms with Gasteiger partial charge in [-0.25, -0.2) is 0 Å². The van der Waals surface area contributed by atoms with Gasteiger partial charge in [0, 0.05) is 0 Å². The van der Waals surface area contributed by atoms with E-state index in [1.807, 2.05) is 0 Å². The van der Waals surface area contributed by atoms with Crippen LogP contribution >= 0.6 is 0 Å². The standard InChI is InChI=1S/C40H81F/c1-2-3-4-5-6-7-8-9-10-11-12-13-14-15-16-17-18-19-20-21-22-23-24-25-26-27-28-29-30-31-32-33-34-35-36-37-38-39-40-41/h2-40H2,1H3. The van der Waals surface area contributed by atoms with Gasteiger partial charge in [0.2, 0.25) is 0 Å². The molecule has 0 rings (SSSR count). The monoisotopic (exact) mass is 581 g/mol. The Morgan fingerprint density at radius 3 is 0.439 bits per heavy atom. The van der Waals surface area contributed by atoms with Crippen LogP contribution in [0.3, 0.4) is 0 Å². The van der Waals surface area contributed by atoms with Gasteiger partial charge in [-0.3, -0.25) is 4.39 Å². The second kappa shape index (κ2) is 39.9. The van der Waals surface area contributed by atoms with Crippen LogP contribution in [-0.4, -0.2) is 6.67 Å². The molecule has 0 saturated heterocycles. The molecule has 0 heterocycles. The highest BCUT2D eigenvalue weighted by molar-refractivity contribution is 4.53. The van der Waals surface area contributed by atoms with E-state index in [1.165, 1.54) is 231 Å². The van der Waals surface area contributed by atoms with Crippen molar-refractivity contribution >= 4 is 0 Å². The minimum Gasteiger partial charge on any atom is -0.251 e. The summed E-state index contributed by atoms with van der Waals surface area (Å²) < 4.78 is 12.0. The summed E-state index contributed by atoms with van der Waals surface area (Å²) in [4.78, 5) is 0. The van der Waals surface area contributed by atoms with Crippen LogP contribution in [0.25, 0.3) is 0 Å². The Bertz CT molecular complexity index is 381. The zero-order valence-electron chi connectivity index (χ0n) is 29.0. The Labute approximate surface area is 261 Å². The molecule has 41 heavy (non-hydrogen) atoms. The van der Waals surface area contributed by atoms with Gasteiger partial charge in [-0.1, -0.05) is 244 Å². The van der Waals surface area contributed by atoms with E-state index in [-0.39, 0.29) is 6.67 Å². The minimum absolute atomic E-state index is 0.125. The first-order valence-electron chi connectivity index (χ1n) is 20.0. The van der Waals surface area contributed by atoms with Gasteiger partial charge in [-0.15, -0.1) is 0 Å². The van der Waals surface area contributed by atoms with Crippen molar-refractivity contribution in [3.8, 4) is 0 Å². The van der Waals surface area contributed by atoms with Gasteiger partial charge in [0.15, 0.2) is 0 Å². The van der Waals surface area contributed by atoms with E-state index in [4.69, 9.17) is 0 Å².